The minimum absolute atomic E-state index is 0.0341. The van der Waals surface area contributed by atoms with Crippen LogP contribution in [-0.2, 0) is 0 Å². The number of aromatic hydroxyl groups is 1. The van der Waals surface area contributed by atoms with Crippen molar-refractivity contribution < 1.29 is 14.6 Å². The Bertz CT molecular complexity index is 566. The molecule has 5 heteroatoms. The topological polar surface area (TPSA) is 85.4 Å². The molecule has 1 aromatic heterocycles. The van der Waals surface area contributed by atoms with E-state index in [0.29, 0.717) is 10.9 Å². The molecule has 0 unspecified atom stereocenters. The van der Waals surface area contributed by atoms with Crippen LogP contribution in [0.1, 0.15) is 10.4 Å². The zero-order chi connectivity index (χ0) is 11.7. The molecule has 16 heavy (non-hydrogen) atoms. The monoisotopic (exact) mass is 218 g/mol. The molecular weight excluding hydrogens is 208 g/mol. The van der Waals surface area contributed by atoms with E-state index in [1.165, 1.54) is 13.2 Å². The first kappa shape index (κ1) is 10.2. The van der Waals surface area contributed by atoms with Gasteiger partial charge < -0.3 is 15.6 Å². The summed E-state index contributed by atoms with van der Waals surface area (Å²) in [6.45, 7) is 0. The van der Waals surface area contributed by atoms with Crippen LogP contribution in [-0.4, -0.2) is 23.1 Å². The van der Waals surface area contributed by atoms with Crippen molar-refractivity contribution in [1.29, 1.82) is 0 Å². The van der Waals surface area contributed by atoms with E-state index in [2.05, 4.69) is 4.98 Å². The lowest BCUT2D eigenvalue weighted by atomic mass is 10.1. The lowest BCUT2D eigenvalue weighted by Gasteiger charge is -2.07. The number of primary amides is 1. The summed E-state index contributed by atoms with van der Waals surface area (Å²) in [5.41, 5.74) is 5.77. The number of phenolic OH excluding ortho intramolecular Hbond substituents is 1. The summed E-state index contributed by atoms with van der Waals surface area (Å²) < 4.78 is 4.95. The number of rotatable bonds is 2. The molecule has 0 aliphatic heterocycles. The average Bonchev–Trinajstić information content (AvgIpc) is 2.28. The van der Waals surface area contributed by atoms with Crippen LogP contribution in [0, 0.1) is 0 Å². The third-order valence-corrected chi connectivity index (χ3v) is 2.25. The average molecular weight is 218 g/mol. The lowest BCUT2D eigenvalue weighted by molar-refractivity contribution is 0.0997. The Kier molecular flexibility index (Phi) is 2.36. The summed E-state index contributed by atoms with van der Waals surface area (Å²) in [6.07, 6.45) is 0. The van der Waals surface area contributed by atoms with Crippen molar-refractivity contribution in [2.45, 2.75) is 0 Å². The summed E-state index contributed by atoms with van der Waals surface area (Å²) in [6, 6.07) is 6.45. The van der Waals surface area contributed by atoms with Gasteiger partial charge in [-0.1, -0.05) is 12.1 Å². The second kappa shape index (κ2) is 3.69. The number of nitrogens with two attached hydrogens (primary N) is 1. The van der Waals surface area contributed by atoms with Gasteiger partial charge in [0.15, 0.2) is 0 Å². The highest BCUT2D eigenvalue weighted by molar-refractivity contribution is 5.99. The maximum atomic E-state index is 11.1. The van der Waals surface area contributed by atoms with Crippen LogP contribution in [0.5, 0.6) is 11.6 Å². The summed E-state index contributed by atoms with van der Waals surface area (Å²) in [7, 11) is 1.39. The number of carbonyl (C=O) groups excluding carboxylic acids is 1. The number of hydrogen-bond acceptors (Lipinski definition) is 4. The van der Waals surface area contributed by atoms with Gasteiger partial charge in [0.1, 0.15) is 16.8 Å². The van der Waals surface area contributed by atoms with E-state index < -0.39 is 5.91 Å². The fourth-order valence-corrected chi connectivity index (χ4v) is 1.50. The number of hydrogen-bond donors (Lipinski definition) is 2. The highest BCUT2D eigenvalue weighted by atomic mass is 16.5. The molecule has 0 fully saturated rings. The van der Waals surface area contributed by atoms with Gasteiger partial charge in [-0.3, -0.25) is 4.79 Å². The van der Waals surface area contributed by atoms with Crippen LogP contribution < -0.4 is 10.5 Å². The van der Waals surface area contributed by atoms with Gasteiger partial charge in [-0.05, 0) is 12.1 Å². The zero-order valence-corrected chi connectivity index (χ0v) is 8.60. The Morgan fingerprint density at radius 1 is 1.50 bits per heavy atom. The number of benzene rings is 1. The van der Waals surface area contributed by atoms with E-state index in [1.54, 1.807) is 18.2 Å². The molecule has 0 saturated heterocycles. The lowest BCUT2D eigenvalue weighted by Crippen LogP contribution is -2.13. The number of amides is 1. The highest BCUT2D eigenvalue weighted by Crippen LogP contribution is 2.27. The predicted octanol–water partition coefficient (Wildman–Crippen LogP) is 1.05. The molecule has 0 spiro atoms. The molecule has 0 atom stereocenters. The third-order valence-electron chi connectivity index (χ3n) is 2.25. The van der Waals surface area contributed by atoms with Gasteiger partial charge in [-0.2, -0.15) is 0 Å². The molecule has 3 N–H and O–H groups in total. The van der Waals surface area contributed by atoms with Crippen molar-refractivity contribution in [2.75, 3.05) is 7.11 Å². The quantitative estimate of drug-likeness (QED) is 0.788. The maximum absolute atomic E-state index is 11.1. The number of phenols is 1. The SMILES string of the molecule is COc1nc2c(O)cccc2cc1C(N)=O. The molecule has 82 valence electrons. The fourth-order valence-electron chi connectivity index (χ4n) is 1.50. The molecular formula is C11H10N2O3. The van der Waals surface area contributed by atoms with Crippen LogP contribution in [0.2, 0.25) is 0 Å². The number of methoxy groups -OCH3 is 1. The predicted molar refractivity (Wildman–Crippen MR) is 58.5 cm³/mol. The fraction of sp³-hybridized carbons (Fsp3) is 0.0909. The molecule has 0 aliphatic carbocycles. The van der Waals surface area contributed by atoms with Crippen LogP contribution in [0.15, 0.2) is 24.3 Å². The number of carbonyl (C=O) groups is 1. The van der Waals surface area contributed by atoms with E-state index in [4.69, 9.17) is 10.5 Å². The first-order valence-corrected chi connectivity index (χ1v) is 4.60. The summed E-state index contributed by atoms with van der Waals surface area (Å²) in [5, 5.41) is 10.2. The van der Waals surface area contributed by atoms with Gasteiger partial charge in [0, 0.05) is 5.39 Å². The van der Waals surface area contributed by atoms with E-state index in [-0.39, 0.29) is 17.2 Å². The Labute approximate surface area is 91.5 Å². The van der Waals surface area contributed by atoms with Crippen molar-refractivity contribution in [3.8, 4) is 11.6 Å². The molecule has 2 rings (SSSR count). The molecule has 1 heterocycles. The molecule has 0 bridgehead atoms. The van der Waals surface area contributed by atoms with E-state index in [1.807, 2.05) is 0 Å². The van der Waals surface area contributed by atoms with Gasteiger partial charge in [-0.15, -0.1) is 0 Å². The Hall–Kier alpha value is -2.30. The van der Waals surface area contributed by atoms with Gasteiger partial charge in [0.25, 0.3) is 5.91 Å². The Balaban J connectivity index is 2.80. The van der Waals surface area contributed by atoms with Gasteiger partial charge in [-0.25, -0.2) is 4.98 Å². The number of fused-ring (bicyclic) bond motifs is 1. The Morgan fingerprint density at radius 2 is 2.25 bits per heavy atom. The highest BCUT2D eigenvalue weighted by Gasteiger charge is 2.13. The molecule has 0 saturated carbocycles. The van der Waals surface area contributed by atoms with Gasteiger partial charge in [0.2, 0.25) is 5.88 Å². The van der Waals surface area contributed by atoms with Crippen molar-refractivity contribution in [3.63, 3.8) is 0 Å². The Morgan fingerprint density at radius 3 is 2.88 bits per heavy atom. The van der Waals surface area contributed by atoms with Crippen LogP contribution in [0.25, 0.3) is 10.9 Å². The van der Waals surface area contributed by atoms with Crippen LogP contribution in [0.3, 0.4) is 0 Å². The van der Waals surface area contributed by atoms with Gasteiger partial charge in [0.05, 0.1) is 7.11 Å². The second-order valence-electron chi connectivity index (χ2n) is 3.26. The number of nitrogens with zero attached hydrogens (tertiary/aromatic N) is 1. The summed E-state index contributed by atoms with van der Waals surface area (Å²) in [5.74, 6) is -0.470. The molecule has 5 nitrogen and oxygen atoms in total. The van der Waals surface area contributed by atoms with Crippen LogP contribution >= 0.6 is 0 Å². The smallest absolute Gasteiger partial charge is 0.254 e. The first-order chi connectivity index (χ1) is 7.63. The molecule has 1 aromatic carbocycles. The van der Waals surface area contributed by atoms with Crippen molar-refractivity contribution in [3.05, 3.63) is 29.8 Å². The minimum Gasteiger partial charge on any atom is -0.506 e. The third kappa shape index (κ3) is 1.52. The van der Waals surface area contributed by atoms with Gasteiger partial charge >= 0.3 is 0 Å². The second-order valence-corrected chi connectivity index (χ2v) is 3.26. The zero-order valence-electron chi connectivity index (χ0n) is 8.60. The number of pyridine rings is 1. The summed E-state index contributed by atoms with van der Waals surface area (Å²) in [4.78, 5) is 15.2. The van der Waals surface area contributed by atoms with E-state index >= 15 is 0 Å². The number of para-hydroxylation sites is 1. The largest absolute Gasteiger partial charge is 0.506 e. The first-order valence-electron chi connectivity index (χ1n) is 4.60. The van der Waals surface area contributed by atoms with Crippen molar-refractivity contribution in [2.24, 2.45) is 5.73 Å². The van der Waals surface area contributed by atoms with Crippen molar-refractivity contribution >= 4 is 16.8 Å². The van der Waals surface area contributed by atoms with Crippen LogP contribution in [0.4, 0.5) is 0 Å². The molecule has 1 amide bonds. The molecule has 0 radical (unpaired) electrons. The van der Waals surface area contributed by atoms with E-state index in [9.17, 15) is 9.90 Å². The van der Waals surface area contributed by atoms with Crippen molar-refractivity contribution in [1.82, 2.24) is 4.98 Å². The maximum Gasteiger partial charge on any atom is 0.254 e. The standard InChI is InChI=1S/C11H10N2O3/c1-16-11-7(10(12)15)5-6-3-2-4-8(14)9(6)13-11/h2-5,14H,1H3,(H2,12,15). The normalized spacial score (nSPS) is 10.3. The summed E-state index contributed by atoms with van der Waals surface area (Å²) >= 11 is 0. The number of aromatic nitrogens is 1. The molecule has 2 aromatic rings. The minimum atomic E-state index is -0.616. The molecule has 0 aliphatic rings. The number of ether oxygens (including phenoxy) is 1. The van der Waals surface area contributed by atoms with E-state index in [0.717, 1.165) is 0 Å².